The largest absolute Gasteiger partial charge is 0.393 e. The predicted octanol–water partition coefficient (Wildman–Crippen LogP) is 0.771. The molecule has 2 N–H and O–H groups in total. The van der Waals surface area contributed by atoms with Crippen molar-refractivity contribution in [3.63, 3.8) is 0 Å². The van der Waals surface area contributed by atoms with Gasteiger partial charge in [0, 0.05) is 24.9 Å². The average Bonchev–Trinajstić information content (AvgIpc) is 2.97. The second kappa shape index (κ2) is 5.06. The van der Waals surface area contributed by atoms with E-state index in [1.54, 1.807) is 11.8 Å². The third-order valence-electron chi connectivity index (χ3n) is 3.44. The van der Waals surface area contributed by atoms with Crippen molar-refractivity contribution in [1.82, 2.24) is 20.1 Å². The maximum atomic E-state index is 12.2. The minimum Gasteiger partial charge on any atom is -0.393 e. The van der Waals surface area contributed by atoms with Crippen LogP contribution in [0.5, 0.6) is 0 Å². The summed E-state index contributed by atoms with van der Waals surface area (Å²) in [5, 5.41) is 16.3. The fraction of sp³-hybridized carbons (Fsp3) is 0.750. The van der Waals surface area contributed by atoms with Crippen molar-refractivity contribution in [3.05, 3.63) is 11.6 Å². The van der Waals surface area contributed by atoms with E-state index in [0.717, 1.165) is 12.2 Å². The maximum Gasteiger partial charge on any atom is 0.293 e. The smallest absolute Gasteiger partial charge is 0.293 e. The number of carbonyl (C=O) groups excluding carboxylic acids is 1. The summed E-state index contributed by atoms with van der Waals surface area (Å²) in [4.78, 5) is 18.1. The highest BCUT2D eigenvalue weighted by molar-refractivity contribution is 5.90. The fourth-order valence-corrected chi connectivity index (χ4v) is 2.14. The minimum absolute atomic E-state index is 0.152. The lowest BCUT2D eigenvalue weighted by molar-refractivity contribution is 0.0751. The van der Waals surface area contributed by atoms with Gasteiger partial charge in [-0.1, -0.05) is 13.8 Å². The zero-order valence-electron chi connectivity index (χ0n) is 11.1. The number of likely N-dealkylation sites (tertiary alicyclic amines) is 1. The molecule has 0 aliphatic carbocycles. The van der Waals surface area contributed by atoms with Crippen LogP contribution in [0.4, 0.5) is 0 Å². The van der Waals surface area contributed by atoms with Crippen molar-refractivity contribution in [2.75, 3.05) is 13.1 Å². The summed E-state index contributed by atoms with van der Waals surface area (Å²) in [5.41, 5.74) is 0. The predicted molar refractivity (Wildman–Crippen MR) is 66.2 cm³/mol. The molecule has 100 valence electrons. The number of aliphatic hydroxyl groups excluding tert-OH is 1. The molecule has 1 saturated heterocycles. The molecule has 18 heavy (non-hydrogen) atoms. The first-order chi connectivity index (χ1) is 8.49. The summed E-state index contributed by atoms with van der Waals surface area (Å²) in [6.45, 7) is 7.01. The Morgan fingerprint density at radius 2 is 2.22 bits per heavy atom. The Bertz CT molecular complexity index is 427. The van der Waals surface area contributed by atoms with Crippen LogP contribution in [0, 0.1) is 5.92 Å². The van der Waals surface area contributed by atoms with Crippen LogP contribution in [0.2, 0.25) is 0 Å². The van der Waals surface area contributed by atoms with E-state index in [-0.39, 0.29) is 29.7 Å². The number of nitrogens with one attached hydrogen (secondary N) is 1. The molecule has 1 amide bonds. The van der Waals surface area contributed by atoms with Gasteiger partial charge in [0.2, 0.25) is 5.82 Å². The van der Waals surface area contributed by atoms with Crippen LogP contribution in [0.1, 0.15) is 49.6 Å². The second-order valence-electron chi connectivity index (χ2n) is 5.24. The second-order valence-corrected chi connectivity index (χ2v) is 5.24. The number of amides is 1. The molecule has 1 aromatic heterocycles. The van der Waals surface area contributed by atoms with Gasteiger partial charge in [-0.25, -0.2) is 4.98 Å². The molecule has 0 radical (unpaired) electrons. The van der Waals surface area contributed by atoms with Crippen molar-refractivity contribution >= 4 is 5.91 Å². The first-order valence-electron chi connectivity index (χ1n) is 6.38. The van der Waals surface area contributed by atoms with E-state index in [4.69, 9.17) is 0 Å². The van der Waals surface area contributed by atoms with Gasteiger partial charge in [-0.2, -0.15) is 0 Å². The van der Waals surface area contributed by atoms with Gasteiger partial charge in [-0.3, -0.25) is 9.89 Å². The van der Waals surface area contributed by atoms with E-state index in [9.17, 15) is 9.90 Å². The quantitative estimate of drug-likeness (QED) is 0.832. The zero-order chi connectivity index (χ0) is 13.3. The first kappa shape index (κ1) is 13.0. The number of hydrogen-bond acceptors (Lipinski definition) is 4. The van der Waals surface area contributed by atoms with Crippen molar-refractivity contribution in [2.24, 2.45) is 5.92 Å². The number of rotatable bonds is 3. The Kier molecular flexibility index (Phi) is 3.65. The van der Waals surface area contributed by atoms with Gasteiger partial charge in [-0.15, -0.1) is 5.10 Å². The molecule has 1 aliphatic rings. The molecule has 1 fully saturated rings. The maximum absolute atomic E-state index is 12.2. The Labute approximate surface area is 106 Å². The lowest BCUT2D eigenvalue weighted by atomic mass is 10.0. The number of aromatic nitrogens is 3. The number of H-pyrrole nitrogens is 1. The SMILES string of the molecule is CC(C)c1nc(C(=O)N2CCC(C(C)O)C2)n[nH]1. The summed E-state index contributed by atoms with van der Waals surface area (Å²) < 4.78 is 0. The third-order valence-corrected chi connectivity index (χ3v) is 3.44. The highest BCUT2D eigenvalue weighted by Crippen LogP contribution is 2.21. The van der Waals surface area contributed by atoms with Crippen LogP contribution >= 0.6 is 0 Å². The Morgan fingerprint density at radius 3 is 2.72 bits per heavy atom. The Morgan fingerprint density at radius 1 is 1.50 bits per heavy atom. The number of carbonyl (C=O) groups is 1. The normalized spacial score (nSPS) is 21.6. The zero-order valence-corrected chi connectivity index (χ0v) is 11.1. The molecular weight excluding hydrogens is 232 g/mol. The van der Waals surface area contributed by atoms with Crippen molar-refractivity contribution < 1.29 is 9.90 Å². The topological polar surface area (TPSA) is 82.1 Å². The number of aromatic amines is 1. The summed E-state index contributed by atoms with van der Waals surface area (Å²) >= 11 is 0. The van der Waals surface area contributed by atoms with Gasteiger partial charge >= 0.3 is 0 Å². The Hall–Kier alpha value is -1.43. The highest BCUT2D eigenvalue weighted by Gasteiger charge is 2.31. The molecule has 2 atom stereocenters. The van der Waals surface area contributed by atoms with Crippen LogP contribution in [0.3, 0.4) is 0 Å². The van der Waals surface area contributed by atoms with E-state index < -0.39 is 0 Å². The summed E-state index contributed by atoms with van der Waals surface area (Å²) in [6, 6.07) is 0. The molecule has 0 spiro atoms. The van der Waals surface area contributed by atoms with Gasteiger partial charge in [0.25, 0.3) is 5.91 Å². The van der Waals surface area contributed by atoms with E-state index >= 15 is 0 Å². The molecule has 1 aromatic rings. The molecule has 1 aliphatic heterocycles. The van der Waals surface area contributed by atoms with Crippen molar-refractivity contribution in [2.45, 2.75) is 39.2 Å². The molecule has 6 heteroatoms. The van der Waals surface area contributed by atoms with Gasteiger partial charge in [-0.05, 0) is 13.3 Å². The molecule has 0 saturated carbocycles. The number of nitrogens with zero attached hydrogens (tertiary/aromatic N) is 3. The molecule has 2 heterocycles. The van der Waals surface area contributed by atoms with E-state index in [1.165, 1.54) is 0 Å². The monoisotopic (exact) mass is 252 g/mol. The molecule has 2 rings (SSSR count). The van der Waals surface area contributed by atoms with Crippen LogP contribution in [-0.4, -0.2) is 50.3 Å². The first-order valence-corrected chi connectivity index (χ1v) is 6.38. The molecule has 6 nitrogen and oxygen atoms in total. The summed E-state index contributed by atoms with van der Waals surface area (Å²) in [5.74, 6) is 1.19. The van der Waals surface area contributed by atoms with E-state index in [1.807, 2.05) is 13.8 Å². The van der Waals surface area contributed by atoms with Gasteiger partial charge < -0.3 is 10.0 Å². The van der Waals surface area contributed by atoms with Gasteiger partial charge in [0.05, 0.1) is 6.10 Å². The average molecular weight is 252 g/mol. The van der Waals surface area contributed by atoms with Crippen LogP contribution in [0.25, 0.3) is 0 Å². The summed E-state index contributed by atoms with van der Waals surface area (Å²) in [7, 11) is 0. The standard InChI is InChI=1S/C12H20N4O2/c1-7(2)10-13-11(15-14-10)12(18)16-5-4-9(6-16)8(3)17/h7-9,17H,4-6H2,1-3H3,(H,13,14,15). The third kappa shape index (κ3) is 2.53. The molecule has 2 unspecified atom stereocenters. The van der Waals surface area contributed by atoms with Crippen LogP contribution in [0.15, 0.2) is 0 Å². The molecule has 0 bridgehead atoms. The van der Waals surface area contributed by atoms with Crippen molar-refractivity contribution in [3.8, 4) is 0 Å². The molecule has 0 aromatic carbocycles. The summed E-state index contributed by atoms with van der Waals surface area (Å²) in [6.07, 6.45) is 0.464. The fourth-order valence-electron chi connectivity index (χ4n) is 2.14. The van der Waals surface area contributed by atoms with Crippen LogP contribution < -0.4 is 0 Å². The number of aliphatic hydroxyl groups is 1. The van der Waals surface area contributed by atoms with Gasteiger partial charge in [0.1, 0.15) is 5.82 Å². The van der Waals surface area contributed by atoms with Crippen molar-refractivity contribution in [1.29, 1.82) is 0 Å². The lowest BCUT2D eigenvalue weighted by Crippen LogP contribution is -2.31. The van der Waals surface area contributed by atoms with Gasteiger partial charge in [0.15, 0.2) is 0 Å². The van der Waals surface area contributed by atoms with Crippen LogP contribution in [-0.2, 0) is 0 Å². The molecular formula is C12H20N4O2. The van der Waals surface area contributed by atoms with E-state index in [2.05, 4.69) is 15.2 Å². The number of hydrogen-bond donors (Lipinski definition) is 2. The van der Waals surface area contributed by atoms with E-state index in [0.29, 0.717) is 13.1 Å². The minimum atomic E-state index is -0.374. The highest BCUT2D eigenvalue weighted by atomic mass is 16.3. The lowest BCUT2D eigenvalue weighted by Gasteiger charge is -2.15. The Balaban J connectivity index is 2.03.